The van der Waals surface area contributed by atoms with E-state index in [0.717, 1.165) is 19.7 Å². The Labute approximate surface area is 94.2 Å². The maximum absolute atomic E-state index is 5.57. The summed E-state index contributed by atoms with van der Waals surface area (Å²) in [6.07, 6.45) is 4.36. The van der Waals surface area contributed by atoms with Crippen LogP contribution in [0.4, 0.5) is 0 Å². The molecule has 0 amide bonds. The minimum absolute atomic E-state index is 0.352. The van der Waals surface area contributed by atoms with Crippen molar-refractivity contribution in [3.63, 3.8) is 0 Å². The Hall–Kier alpha value is -0.120. The molecule has 90 valence electrons. The third-order valence-corrected chi connectivity index (χ3v) is 3.04. The van der Waals surface area contributed by atoms with Gasteiger partial charge in [0.2, 0.25) is 0 Å². The molecule has 1 heterocycles. The highest BCUT2D eigenvalue weighted by Crippen LogP contribution is 2.09. The predicted molar refractivity (Wildman–Crippen MR) is 64.2 cm³/mol. The molecule has 1 N–H and O–H groups in total. The second-order valence-electron chi connectivity index (χ2n) is 4.75. The van der Waals surface area contributed by atoms with Crippen LogP contribution in [0.1, 0.15) is 33.1 Å². The minimum Gasteiger partial charge on any atom is -0.377 e. The summed E-state index contributed by atoms with van der Waals surface area (Å²) in [5, 5.41) is 3.49. The second kappa shape index (κ2) is 7.20. The molecule has 1 aliphatic heterocycles. The van der Waals surface area contributed by atoms with E-state index >= 15 is 0 Å². The Morgan fingerprint density at radius 3 is 2.93 bits per heavy atom. The first kappa shape index (κ1) is 12.9. The lowest BCUT2D eigenvalue weighted by molar-refractivity contribution is 0.0553. The first-order valence-electron chi connectivity index (χ1n) is 6.22. The molecule has 0 aromatic carbocycles. The Bertz CT molecular complexity index is 154. The van der Waals surface area contributed by atoms with Gasteiger partial charge in [0.25, 0.3) is 0 Å². The van der Waals surface area contributed by atoms with Gasteiger partial charge in [0.05, 0.1) is 12.7 Å². The number of nitrogens with zero attached hydrogens (tertiary/aromatic N) is 1. The van der Waals surface area contributed by atoms with Crippen molar-refractivity contribution in [2.75, 3.05) is 33.3 Å². The van der Waals surface area contributed by atoms with Gasteiger partial charge >= 0.3 is 0 Å². The van der Waals surface area contributed by atoms with Crippen LogP contribution in [0.2, 0.25) is 0 Å². The zero-order valence-corrected chi connectivity index (χ0v) is 10.5. The largest absolute Gasteiger partial charge is 0.377 e. The fourth-order valence-corrected chi connectivity index (χ4v) is 1.99. The number of hydrogen-bond acceptors (Lipinski definition) is 3. The molecule has 1 saturated heterocycles. The Morgan fingerprint density at radius 2 is 2.20 bits per heavy atom. The Kier molecular flexibility index (Phi) is 6.22. The molecule has 0 bridgehead atoms. The standard InChI is InChI=1S/C12H26N2O/c1-11(2)15-9-8-14(3)12-6-4-5-7-13-10-12/h11-13H,4-10H2,1-3H3. The topological polar surface area (TPSA) is 24.5 Å². The van der Waals surface area contributed by atoms with Crippen molar-refractivity contribution in [1.29, 1.82) is 0 Å². The average Bonchev–Trinajstić information content (AvgIpc) is 2.44. The molecular weight excluding hydrogens is 188 g/mol. The van der Waals surface area contributed by atoms with Crippen LogP contribution in [0, 0.1) is 0 Å². The van der Waals surface area contributed by atoms with Crippen molar-refractivity contribution in [2.24, 2.45) is 0 Å². The van der Waals surface area contributed by atoms with Crippen molar-refractivity contribution in [1.82, 2.24) is 10.2 Å². The van der Waals surface area contributed by atoms with Crippen LogP contribution in [0.25, 0.3) is 0 Å². The number of rotatable bonds is 5. The summed E-state index contributed by atoms with van der Waals surface area (Å²) < 4.78 is 5.57. The summed E-state index contributed by atoms with van der Waals surface area (Å²) in [6.45, 7) is 8.40. The van der Waals surface area contributed by atoms with Crippen LogP contribution in [-0.2, 0) is 4.74 Å². The van der Waals surface area contributed by atoms with Crippen LogP contribution in [0.5, 0.6) is 0 Å². The van der Waals surface area contributed by atoms with E-state index in [4.69, 9.17) is 4.74 Å². The summed E-state index contributed by atoms with van der Waals surface area (Å²) in [5.74, 6) is 0. The third-order valence-electron chi connectivity index (χ3n) is 3.04. The van der Waals surface area contributed by atoms with Gasteiger partial charge in [-0.3, -0.25) is 4.90 Å². The quantitative estimate of drug-likeness (QED) is 0.750. The van der Waals surface area contributed by atoms with E-state index in [1.165, 1.54) is 25.8 Å². The van der Waals surface area contributed by atoms with Gasteiger partial charge in [-0.15, -0.1) is 0 Å². The van der Waals surface area contributed by atoms with Crippen LogP contribution < -0.4 is 5.32 Å². The number of ether oxygens (including phenoxy) is 1. The van der Waals surface area contributed by atoms with Crippen LogP contribution in [-0.4, -0.2) is 50.3 Å². The molecule has 0 aliphatic carbocycles. The van der Waals surface area contributed by atoms with Gasteiger partial charge in [-0.05, 0) is 40.3 Å². The molecule has 1 unspecified atom stereocenters. The average molecular weight is 214 g/mol. The number of nitrogens with one attached hydrogen (secondary N) is 1. The molecule has 3 nitrogen and oxygen atoms in total. The predicted octanol–water partition coefficient (Wildman–Crippen LogP) is 1.49. The van der Waals surface area contributed by atoms with Gasteiger partial charge in [0.15, 0.2) is 0 Å². The zero-order chi connectivity index (χ0) is 11.1. The van der Waals surface area contributed by atoms with E-state index in [1.54, 1.807) is 0 Å². The Balaban J connectivity index is 2.16. The van der Waals surface area contributed by atoms with Gasteiger partial charge in [0, 0.05) is 19.1 Å². The molecule has 1 fully saturated rings. The maximum atomic E-state index is 5.57. The molecule has 1 aliphatic rings. The SMILES string of the molecule is CC(C)OCCN(C)C1CCCCNC1. The molecule has 0 aromatic rings. The van der Waals surface area contributed by atoms with E-state index < -0.39 is 0 Å². The fraction of sp³-hybridized carbons (Fsp3) is 1.00. The number of likely N-dealkylation sites (N-methyl/N-ethyl adjacent to an activating group) is 1. The highest BCUT2D eigenvalue weighted by atomic mass is 16.5. The first-order chi connectivity index (χ1) is 7.20. The summed E-state index contributed by atoms with van der Waals surface area (Å²) in [7, 11) is 2.21. The van der Waals surface area contributed by atoms with Gasteiger partial charge in [-0.1, -0.05) is 6.42 Å². The minimum atomic E-state index is 0.352. The molecule has 0 saturated carbocycles. The second-order valence-corrected chi connectivity index (χ2v) is 4.75. The van der Waals surface area contributed by atoms with Crippen molar-refractivity contribution >= 4 is 0 Å². The smallest absolute Gasteiger partial charge is 0.0596 e. The molecule has 0 aromatic heterocycles. The van der Waals surface area contributed by atoms with Crippen LogP contribution in [0.3, 0.4) is 0 Å². The van der Waals surface area contributed by atoms with Gasteiger partial charge < -0.3 is 10.1 Å². The molecule has 1 rings (SSSR count). The molecule has 1 atom stereocenters. The molecule has 0 radical (unpaired) electrons. The van der Waals surface area contributed by atoms with Gasteiger partial charge in [-0.2, -0.15) is 0 Å². The summed E-state index contributed by atoms with van der Waals surface area (Å²) >= 11 is 0. The van der Waals surface area contributed by atoms with E-state index in [2.05, 4.69) is 31.1 Å². The molecule has 0 spiro atoms. The lowest BCUT2D eigenvalue weighted by atomic mass is 10.1. The molecule has 3 heteroatoms. The van der Waals surface area contributed by atoms with Gasteiger partial charge in [0.1, 0.15) is 0 Å². The Morgan fingerprint density at radius 1 is 1.40 bits per heavy atom. The lowest BCUT2D eigenvalue weighted by Gasteiger charge is -2.27. The highest BCUT2D eigenvalue weighted by molar-refractivity contribution is 4.74. The van der Waals surface area contributed by atoms with Crippen LogP contribution in [0.15, 0.2) is 0 Å². The third kappa shape index (κ3) is 5.50. The maximum Gasteiger partial charge on any atom is 0.0596 e. The van der Waals surface area contributed by atoms with Crippen LogP contribution >= 0.6 is 0 Å². The van der Waals surface area contributed by atoms with Crippen molar-refractivity contribution in [3.8, 4) is 0 Å². The van der Waals surface area contributed by atoms with Gasteiger partial charge in [-0.25, -0.2) is 0 Å². The van der Waals surface area contributed by atoms with Crippen molar-refractivity contribution in [3.05, 3.63) is 0 Å². The fourth-order valence-electron chi connectivity index (χ4n) is 1.99. The summed E-state index contributed by atoms with van der Waals surface area (Å²) in [5.41, 5.74) is 0. The monoisotopic (exact) mass is 214 g/mol. The zero-order valence-electron chi connectivity index (χ0n) is 10.5. The van der Waals surface area contributed by atoms with E-state index in [1.807, 2.05) is 0 Å². The lowest BCUT2D eigenvalue weighted by Crippen LogP contribution is -2.40. The highest BCUT2D eigenvalue weighted by Gasteiger charge is 2.16. The van der Waals surface area contributed by atoms with Crippen molar-refractivity contribution in [2.45, 2.75) is 45.3 Å². The summed E-state index contributed by atoms with van der Waals surface area (Å²) in [4.78, 5) is 2.43. The van der Waals surface area contributed by atoms with E-state index in [-0.39, 0.29) is 0 Å². The normalized spacial score (nSPS) is 23.4. The molecular formula is C12H26N2O. The van der Waals surface area contributed by atoms with Crippen molar-refractivity contribution < 1.29 is 4.74 Å². The summed E-state index contributed by atoms with van der Waals surface area (Å²) in [6, 6.07) is 0.697. The van der Waals surface area contributed by atoms with E-state index in [0.29, 0.717) is 12.1 Å². The van der Waals surface area contributed by atoms with E-state index in [9.17, 15) is 0 Å². The number of hydrogen-bond donors (Lipinski definition) is 1. The molecule has 15 heavy (non-hydrogen) atoms. The first-order valence-corrected chi connectivity index (χ1v) is 6.22.